The largest absolute Gasteiger partial charge is 0.388 e. The Bertz CT molecular complexity index is 936. The van der Waals surface area contributed by atoms with Gasteiger partial charge < -0.3 is 19.9 Å². The molecule has 0 spiro atoms. The lowest BCUT2D eigenvalue weighted by molar-refractivity contribution is 0.174. The van der Waals surface area contributed by atoms with Gasteiger partial charge in [0.2, 0.25) is 5.89 Å². The van der Waals surface area contributed by atoms with E-state index < -0.39 is 6.10 Å². The van der Waals surface area contributed by atoms with Gasteiger partial charge in [-0.3, -0.25) is 4.79 Å². The molecule has 0 aliphatic heterocycles. The van der Waals surface area contributed by atoms with Crippen molar-refractivity contribution in [3.63, 3.8) is 0 Å². The summed E-state index contributed by atoms with van der Waals surface area (Å²) in [7, 11) is 0. The molecule has 0 bridgehead atoms. The molecule has 1 atom stereocenters. The molecule has 3 N–H and O–H groups in total. The normalized spacial score (nSPS) is 12.3. The van der Waals surface area contributed by atoms with Crippen LogP contribution in [0.5, 0.6) is 0 Å². The second-order valence-corrected chi connectivity index (χ2v) is 6.00. The van der Waals surface area contributed by atoms with Crippen LogP contribution in [0.2, 0.25) is 5.02 Å². The maximum absolute atomic E-state index is 12.0. The summed E-state index contributed by atoms with van der Waals surface area (Å²) in [5.74, 6) is 0.810. The molecule has 0 aliphatic rings. The zero-order valence-corrected chi connectivity index (χ0v) is 14.1. The van der Waals surface area contributed by atoms with E-state index in [1.54, 1.807) is 31.2 Å². The highest BCUT2D eigenvalue weighted by molar-refractivity contribution is 6.30. The monoisotopic (exact) mass is 361 g/mol. The molecule has 9 heteroatoms. The Morgan fingerprint density at radius 3 is 2.76 bits per heavy atom. The molecule has 3 rings (SSSR count). The lowest BCUT2D eigenvalue weighted by atomic mass is 10.1. The molecule has 0 saturated carbocycles. The third-order valence-corrected chi connectivity index (χ3v) is 3.85. The van der Waals surface area contributed by atoms with Gasteiger partial charge in [0.25, 0.3) is 5.56 Å². The molecule has 0 amide bonds. The number of aliphatic hydroxyl groups excluding tert-OH is 1. The van der Waals surface area contributed by atoms with Crippen LogP contribution in [0.15, 0.2) is 39.8 Å². The lowest BCUT2D eigenvalue weighted by Crippen LogP contribution is -2.24. The van der Waals surface area contributed by atoms with Crippen LogP contribution in [0.1, 0.15) is 29.1 Å². The zero-order valence-electron chi connectivity index (χ0n) is 13.4. The summed E-state index contributed by atoms with van der Waals surface area (Å²) in [6, 6.07) is 6.86. The molecule has 0 saturated heterocycles. The number of rotatable bonds is 5. The predicted octanol–water partition coefficient (Wildman–Crippen LogP) is 1.49. The lowest BCUT2D eigenvalue weighted by Gasteiger charge is -2.08. The Balaban J connectivity index is 1.72. The third-order valence-electron chi connectivity index (χ3n) is 3.60. The molecule has 0 fully saturated rings. The summed E-state index contributed by atoms with van der Waals surface area (Å²) < 4.78 is 6.50. The van der Waals surface area contributed by atoms with E-state index in [0.717, 1.165) is 0 Å². The molecule has 3 aromatic rings. The summed E-state index contributed by atoms with van der Waals surface area (Å²) in [4.78, 5) is 20.1. The van der Waals surface area contributed by atoms with E-state index >= 15 is 0 Å². The van der Waals surface area contributed by atoms with Gasteiger partial charge in [0.15, 0.2) is 5.82 Å². The Labute approximate surface area is 147 Å². The van der Waals surface area contributed by atoms with Crippen molar-refractivity contribution in [1.82, 2.24) is 19.7 Å². The van der Waals surface area contributed by atoms with Crippen molar-refractivity contribution in [3.8, 4) is 0 Å². The first kappa shape index (κ1) is 17.1. The molecule has 0 radical (unpaired) electrons. The third kappa shape index (κ3) is 4.04. The Morgan fingerprint density at radius 2 is 2.04 bits per heavy atom. The minimum atomic E-state index is -0.788. The Kier molecular flexibility index (Phi) is 4.82. The van der Waals surface area contributed by atoms with Crippen molar-refractivity contribution in [2.75, 3.05) is 5.73 Å². The standard InChI is InChI=1S/C16H16ClN5O3/c1-9-16(24)22(7-13(18)19-9)8-15-20-14(21-25-15)6-12(23)10-2-4-11(17)5-3-10/h2-5,7,12,23H,6,8,18H2,1H3/t12-/m0/s1. The zero-order chi connectivity index (χ0) is 18.0. The van der Waals surface area contributed by atoms with Crippen molar-refractivity contribution in [3.05, 3.63) is 68.8 Å². The van der Waals surface area contributed by atoms with E-state index in [1.165, 1.54) is 10.8 Å². The van der Waals surface area contributed by atoms with Crippen LogP contribution in [0.25, 0.3) is 0 Å². The van der Waals surface area contributed by atoms with Crippen molar-refractivity contribution in [2.45, 2.75) is 26.0 Å². The fourth-order valence-electron chi connectivity index (χ4n) is 2.37. The SMILES string of the molecule is Cc1nc(N)cn(Cc2nc(C[C@H](O)c3ccc(Cl)cc3)no2)c1=O. The molecule has 0 aliphatic carbocycles. The Hall–Kier alpha value is -2.71. The van der Waals surface area contributed by atoms with Gasteiger partial charge in [-0.2, -0.15) is 4.98 Å². The molecular formula is C16H16ClN5O3. The molecule has 2 heterocycles. The van der Waals surface area contributed by atoms with Crippen molar-refractivity contribution >= 4 is 17.4 Å². The maximum Gasteiger partial charge on any atom is 0.272 e. The van der Waals surface area contributed by atoms with Gasteiger partial charge in [0.05, 0.1) is 6.10 Å². The van der Waals surface area contributed by atoms with Crippen molar-refractivity contribution < 1.29 is 9.63 Å². The van der Waals surface area contributed by atoms with Crippen LogP contribution in [0.4, 0.5) is 5.82 Å². The summed E-state index contributed by atoms with van der Waals surface area (Å²) in [6.07, 6.45) is 0.809. The van der Waals surface area contributed by atoms with E-state index in [0.29, 0.717) is 16.4 Å². The van der Waals surface area contributed by atoms with Gasteiger partial charge in [-0.25, -0.2) is 4.98 Å². The van der Waals surface area contributed by atoms with E-state index in [4.69, 9.17) is 21.9 Å². The highest BCUT2D eigenvalue weighted by Crippen LogP contribution is 2.19. The first-order chi connectivity index (χ1) is 11.9. The van der Waals surface area contributed by atoms with Gasteiger partial charge in [0.1, 0.15) is 18.1 Å². The summed E-state index contributed by atoms with van der Waals surface area (Å²) >= 11 is 5.83. The molecule has 8 nitrogen and oxygen atoms in total. The molecule has 25 heavy (non-hydrogen) atoms. The average Bonchev–Trinajstić information content (AvgIpc) is 2.99. The number of aryl methyl sites for hydroxylation is 1. The van der Waals surface area contributed by atoms with Crippen LogP contribution < -0.4 is 11.3 Å². The highest BCUT2D eigenvalue weighted by atomic mass is 35.5. The minimum Gasteiger partial charge on any atom is -0.388 e. The molecule has 130 valence electrons. The van der Waals surface area contributed by atoms with Gasteiger partial charge in [0, 0.05) is 17.6 Å². The number of nitrogens with zero attached hydrogens (tertiary/aromatic N) is 4. The quantitative estimate of drug-likeness (QED) is 0.706. The number of nitrogen functional groups attached to an aromatic ring is 1. The number of hydrogen-bond acceptors (Lipinski definition) is 7. The fraction of sp³-hybridized carbons (Fsp3) is 0.250. The van der Waals surface area contributed by atoms with Crippen LogP contribution in [-0.4, -0.2) is 24.8 Å². The number of aliphatic hydroxyl groups is 1. The maximum atomic E-state index is 12.0. The highest BCUT2D eigenvalue weighted by Gasteiger charge is 2.15. The number of halogens is 1. The number of hydrogen-bond donors (Lipinski definition) is 2. The second-order valence-electron chi connectivity index (χ2n) is 5.56. The Morgan fingerprint density at radius 1 is 1.32 bits per heavy atom. The predicted molar refractivity (Wildman–Crippen MR) is 91.2 cm³/mol. The number of benzene rings is 1. The first-order valence-corrected chi connectivity index (χ1v) is 7.88. The topological polar surface area (TPSA) is 120 Å². The van der Waals surface area contributed by atoms with Crippen LogP contribution in [-0.2, 0) is 13.0 Å². The van der Waals surface area contributed by atoms with E-state index in [2.05, 4.69) is 15.1 Å². The van der Waals surface area contributed by atoms with Crippen LogP contribution in [0.3, 0.4) is 0 Å². The fourth-order valence-corrected chi connectivity index (χ4v) is 2.50. The van der Waals surface area contributed by atoms with Gasteiger partial charge in [-0.1, -0.05) is 28.9 Å². The van der Waals surface area contributed by atoms with E-state index in [9.17, 15) is 9.90 Å². The summed E-state index contributed by atoms with van der Waals surface area (Å²) in [5.41, 5.74) is 6.35. The number of aromatic nitrogens is 4. The molecule has 0 unspecified atom stereocenters. The first-order valence-electron chi connectivity index (χ1n) is 7.51. The minimum absolute atomic E-state index is 0.0798. The molecule has 2 aromatic heterocycles. The van der Waals surface area contributed by atoms with Gasteiger partial charge in [-0.05, 0) is 24.6 Å². The summed E-state index contributed by atoms with van der Waals surface area (Å²) in [6.45, 7) is 1.66. The van der Waals surface area contributed by atoms with Crippen molar-refractivity contribution in [2.24, 2.45) is 0 Å². The van der Waals surface area contributed by atoms with Crippen LogP contribution in [0, 0.1) is 6.92 Å². The molecule has 1 aromatic carbocycles. The molecular weight excluding hydrogens is 346 g/mol. The van der Waals surface area contributed by atoms with Gasteiger partial charge in [-0.15, -0.1) is 0 Å². The van der Waals surface area contributed by atoms with E-state index in [1.807, 2.05) is 0 Å². The smallest absolute Gasteiger partial charge is 0.272 e. The van der Waals surface area contributed by atoms with Gasteiger partial charge >= 0.3 is 0 Å². The number of anilines is 1. The second kappa shape index (κ2) is 7.04. The average molecular weight is 362 g/mol. The number of nitrogens with two attached hydrogens (primary N) is 1. The van der Waals surface area contributed by atoms with Crippen LogP contribution >= 0.6 is 11.6 Å². The summed E-state index contributed by atoms with van der Waals surface area (Å²) in [5, 5.41) is 14.7. The van der Waals surface area contributed by atoms with E-state index in [-0.39, 0.29) is 35.9 Å². The van der Waals surface area contributed by atoms with Crippen molar-refractivity contribution in [1.29, 1.82) is 0 Å².